The Hall–Kier alpha value is -2.97. The molecule has 8 heteroatoms. The van der Waals surface area contributed by atoms with E-state index in [2.05, 4.69) is 14.6 Å². The molecule has 4 aromatic rings. The zero-order valence-corrected chi connectivity index (χ0v) is 17.2. The summed E-state index contributed by atoms with van der Waals surface area (Å²) >= 11 is 2.48. The smallest absolute Gasteiger partial charge is 0.274 e. The van der Waals surface area contributed by atoms with E-state index in [1.807, 2.05) is 42.6 Å². The Kier molecular flexibility index (Phi) is 5.73. The lowest BCUT2D eigenvalue weighted by Gasteiger charge is -2.19. The van der Waals surface area contributed by atoms with Crippen LogP contribution >= 0.6 is 22.9 Å². The SMILES string of the molecule is CCc1nnsc1C(=O)N(Cc1ccccc1)c1nc(-c2ccc(F)cc2)cs1. The highest BCUT2D eigenvalue weighted by Crippen LogP contribution is 2.30. The highest BCUT2D eigenvalue weighted by molar-refractivity contribution is 7.14. The maximum atomic E-state index is 13.4. The predicted octanol–water partition coefficient (Wildman–Crippen LogP) is 5.21. The summed E-state index contributed by atoms with van der Waals surface area (Å²) in [5.74, 6) is -0.462. The summed E-state index contributed by atoms with van der Waals surface area (Å²) < 4.78 is 17.2. The van der Waals surface area contributed by atoms with Gasteiger partial charge in [0.15, 0.2) is 5.13 Å². The van der Waals surface area contributed by atoms with Gasteiger partial charge in [-0.05, 0) is 47.8 Å². The summed E-state index contributed by atoms with van der Waals surface area (Å²) in [7, 11) is 0. The summed E-state index contributed by atoms with van der Waals surface area (Å²) in [6, 6.07) is 15.9. The molecule has 0 aliphatic carbocycles. The molecule has 0 fully saturated rings. The van der Waals surface area contributed by atoms with Crippen LogP contribution in [0, 0.1) is 5.82 Å². The van der Waals surface area contributed by atoms with Gasteiger partial charge >= 0.3 is 0 Å². The van der Waals surface area contributed by atoms with Crippen molar-refractivity contribution in [1.82, 2.24) is 14.6 Å². The molecular weight excluding hydrogens is 407 g/mol. The van der Waals surface area contributed by atoms with E-state index >= 15 is 0 Å². The zero-order valence-electron chi connectivity index (χ0n) is 15.6. The third-order valence-electron chi connectivity index (χ3n) is 4.38. The first-order valence-corrected chi connectivity index (χ1v) is 10.7. The molecule has 0 atom stereocenters. The Morgan fingerprint density at radius 3 is 2.59 bits per heavy atom. The van der Waals surface area contributed by atoms with Gasteiger partial charge in [0.2, 0.25) is 0 Å². The summed E-state index contributed by atoms with van der Waals surface area (Å²) in [4.78, 5) is 20.2. The fourth-order valence-electron chi connectivity index (χ4n) is 2.86. The lowest BCUT2D eigenvalue weighted by molar-refractivity contribution is 0.0988. The van der Waals surface area contributed by atoms with E-state index in [1.54, 1.807) is 17.0 Å². The Labute approximate surface area is 175 Å². The van der Waals surface area contributed by atoms with Gasteiger partial charge in [-0.1, -0.05) is 41.7 Å². The van der Waals surface area contributed by atoms with Crippen molar-refractivity contribution in [2.45, 2.75) is 19.9 Å². The van der Waals surface area contributed by atoms with Crippen molar-refractivity contribution in [2.24, 2.45) is 0 Å². The molecule has 2 heterocycles. The van der Waals surface area contributed by atoms with Gasteiger partial charge in [0.25, 0.3) is 5.91 Å². The number of nitrogens with zero attached hydrogens (tertiary/aromatic N) is 4. The number of aromatic nitrogens is 3. The van der Waals surface area contributed by atoms with Crippen LogP contribution in [0.5, 0.6) is 0 Å². The van der Waals surface area contributed by atoms with Gasteiger partial charge in [0.05, 0.1) is 17.9 Å². The number of benzene rings is 2. The van der Waals surface area contributed by atoms with E-state index in [-0.39, 0.29) is 11.7 Å². The second kappa shape index (κ2) is 8.59. The van der Waals surface area contributed by atoms with E-state index in [0.717, 1.165) is 22.7 Å². The molecule has 0 radical (unpaired) electrons. The van der Waals surface area contributed by atoms with Gasteiger partial charge in [-0.3, -0.25) is 9.69 Å². The van der Waals surface area contributed by atoms with Gasteiger partial charge < -0.3 is 0 Å². The summed E-state index contributed by atoms with van der Waals surface area (Å²) in [6.45, 7) is 2.34. The first-order valence-electron chi connectivity index (χ1n) is 9.04. The molecule has 0 saturated heterocycles. The molecule has 146 valence electrons. The third kappa shape index (κ3) is 4.23. The van der Waals surface area contributed by atoms with Gasteiger partial charge in [0, 0.05) is 10.9 Å². The highest BCUT2D eigenvalue weighted by Gasteiger charge is 2.25. The second-order valence-corrected chi connectivity index (χ2v) is 7.89. The average Bonchev–Trinajstić information content (AvgIpc) is 3.42. The van der Waals surface area contributed by atoms with E-state index in [9.17, 15) is 9.18 Å². The van der Waals surface area contributed by atoms with Crippen LogP contribution in [0.3, 0.4) is 0 Å². The molecule has 0 saturated carbocycles. The van der Waals surface area contributed by atoms with Crippen molar-refractivity contribution in [1.29, 1.82) is 0 Å². The number of aryl methyl sites for hydroxylation is 1. The number of amides is 1. The van der Waals surface area contributed by atoms with E-state index < -0.39 is 0 Å². The molecule has 0 aliphatic heterocycles. The molecule has 5 nitrogen and oxygen atoms in total. The summed E-state index contributed by atoms with van der Waals surface area (Å²) in [5.41, 5.74) is 3.19. The maximum Gasteiger partial charge on any atom is 0.274 e. The molecule has 2 aromatic heterocycles. The monoisotopic (exact) mass is 424 g/mol. The number of thiazole rings is 1. The number of rotatable bonds is 6. The van der Waals surface area contributed by atoms with Crippen LogP contribution in [-0.2, 0) is 13.0 Å². The number of carbonyl (C=O) groups is 1. The van der Waals surface area contributed by atoms with Crippen molar-refractivity contribution >= 4 is 33.9 Å². The number of carbonyl (C=O) groups excluding carboxylic acids is 1. The van der Waals surface area contributed by atoms with Crippen LogP contribution in [0.2, 0.25) is 0 Å². The minimum atomic E-state index is -0.296. The van der Waals surface area contributed by atoms with Crippen LogP contribution in [-0.4, -0.2) is 20.5 Å². The lowest BCUT2D eigenvalue weighted by atomic mass is 10.2. The zero-order chi connectivity index (χ0) is 20.2. The number of hydrogen-bond donors (Lipinski definition) is 0. The maximum absolute atomic E-state index is 13.4. The standard InChI is InChI=1S/C21H17FN4OS2/c1-2-17-19(29-25-24-17)20(27)26(12-14-6-4-3-5-7-14)21-23-18(13-28-21)15-8-10-16(22)11-9-15/h3-11,13H,2,12H2,1H3. The molecule has 2 aromatic carbocycles. The Bertz CT molecular complexity index is 1110. The lowest BCUT2D eigenvalue weighted by Crippen LogP contribution is -2.30. The van der Waals surface area contributed by atoms with Gasteiger partial charge in [0.1, 0.15) is 10.7 Å². The van der Waals surface area contributed by atoms with Crippen molar-refractivity contribution in [3.8, 4) is 11.3 Å². The minimum Gasteiger partial charge on any atom is -0.279 e. The van der Waals surface area contributed by atoms with Crippen molar-refractivity contribution in [3.05, 3.63) is 81.9 Å². The minimum absolute atomic E-state index is 0.166. The van der Waals surface area contributed by atoms with Crippen LogP contribution in [0.4, 0.5) is 9.52 Å². The van der Waals surface area contributed by atoms with Crippen LogP contribution in [0.15, 0.2) is 60.0 Å². The van der Waals surface area contributed by atoms with Gasteiger partial charge in [-0.25, -0.2) is 9.37 Å². The van der Waals surface area contributed by atoms with Crippen molar-refractivity contribution < 1.29 is 9.18 Å². The third-order valence-corrected chi connectivity index (χ3v) is 6.00. The normalized spacial score (nSPS) is 10.8. The molecule has 0 N–H and O–H groups in total. The topological polar surface area (TPSA) is 59.0 Å². The fourth-order valence-corrected chi connectivity index (χ4v) is 4.39. The highest BCUT2D eigenvalue weighted by atomic mass is 32.1. The van der Waals surface area contributed by atoms with E-state index in [1.165, 1.54) is 23.5 Å². The largest absolute Gasteiger partial charge is 0.279 e. The molecule has 0 unspecified atom stereocenters. The molecule has 29 heavy (non-hydrogen) atoms. The number of halogens is 1. The van der Waals surface area contributed by atoms with Crippen molar-refractivity contribution in [2.75, 3.05) is 4.90 Å². The van der Waals surface area contributed by atoms with Crippen LogP contribution < -0.4 is 4.90 Å². The summed E-state index contributed by atoms with van der Waals surface area (Å²) in [6.07, 6.45) is 0.634. The second-order valence-electron chi connectivity index (χ2n) is 6.30. The fraction of sp³-hybridized carbons (Fsp3) is 0.143. The van der Waals surface area contributed by atoms with E-state index in [4.69, 9.17) is 0 Å². The van der Waals surface area contributed by atoms with Crippen LogP contribution in [0.25, 0.3) is 11.3 Å². The molecule has 1 amide bonds. The number of anilines is 1. The Balaban J connectivity index is 1.70. The number of hydrogen-bond acceptors (Lipinski definition) is 6. The Morgan fingerprint density at radius 2 is 1.86 bits per heavy atom. The van der Waals surface area contributed by atoms with Crippen molar-refractivity contribution in [3.63, 3.8) is 0 Å². The molecular formula is C21H17FN4OS2. The first-order chi connectivity index (χ1) is 14.2. The molecule has 0 bridgehead atoms. The quantitative estimate of drug-likeness (QED) is 0.426. The van der Waals surface area contributed by atoms with Gasteiger partial charge in [-0.2, -0.15) is 0 Å². The molecule has 0 spiro atoms. The summed E-state index contributed by atoms with van der Waals surface area (Å²) in [5, 5.41) is 6.52. The van der Waals surface area contributed by atoms with Crippen LogP contribution in [0.1, 0.15) is 27.9 Å². The molecule has 0 aliphatic rings. The predicted molar refractivity (Wildman–Crippen MR) is 114 cm³/mol. The van der Waals surface area contributed by atoms with E-state index in [0.29, 0.717) is 34.4 Å². The Morgan fingerprint density at radius 1 is 1.10 bits per heavy atom. The average molecular weight is 425 g/mol. The first kappa shape index (κ1) is 19.4. The molecule has 4 rings (SSSR count). The van der Waals surface area contributed by atoms with Gasteiger partial charge in [-0.15, -0.1) is 16.4 Å².